The second-order valence-corrected chi connectivity index (χ2v) is 2.69. The van der Waals surface area contributed by atoms with E-state index in [0.29, 0.717) is 5.76 Å². The highest BCUT2D eigenvalue weighted by molar-refractivity contribution is 5.13. The Morgan fingerprint density at radius 2 is 2.10 bits per heavy atom. The number of hydrogen-bond donors (Lipinski definition) is 2. The van der Waals surface area contributed by atoms with Gasteiger partial charge in [0.15, 0.2) is 0 Å². The summed E-state index contributed by atoms with van der Waals surface area (Å²) in [6.07, 6.45) is -1.56. The molecule has 58 valence electrons. The SMILES string of the molecule is CC(C)=C1OCC(O)C1O. The van der Waals surface area contributed by atoms with E-state index in [1.165, 1.54) is 0 Å². The number of aliphatic hydroxyl groups is 2. The third-order valence-corrected chi connectivity index (χ3v) is 1.54. The highest BCUT2D eigenvalue weighted by Gasteiger charge is 2.30. The number of hydrogen-bond acceptors (Lipinski definition) is 3. The van der Waals surface area contributed by atoms with Gasteiger partial charge in [-0.05, 0) is 19.4 Å². The van der Waals surface area contributed by atoms with Gasteiger partial charge in [-0.3, -0.25) is 0 Å². The van der Waals surface area contributed by atoms with Crippen LogP contribution in [0.15, 0.2) is 11.3 Å². The van der Waals surface area contributed by atoms with Gasteiger partial charge in [0.05, 0.1) is 0 Å². The van der Waals surface area contributed by atoms with Crippen LogP contribution in [0.25, 0.3) is 0 Å². The third-order valence-electron chi connectivity index (χ3n) is 1.54. The Kier molecular flexibility index (Phi) is 1.97. The summed E-state index contributed by atoms with van der Waals surface area (Å²) in [4.78, 5) is 0. The van der Waals surface area contributed by atoms with Crippen LogP contribution in [0.2, 0.25) is 0 Å². The van der Waals surface area contributed by atoms with Gasteiger partial charge in [-0.1, -0.05) is 0 Å². The van der Waals surface area contributed by atoms with Crippen molar-refractivity contribution in [1.29, 1.82) is 0 Å². The molecule has 1 rings (SSSR count). The molecular weight excluding hydrogens is 132 g/mol. The van der Waals surface area contributed by atoms with Crippen molar-refractivity contribution in [2.45, 2.75) is 26.1 Å². The van der Waals surface area contributed by atoms with Gasteiger partial charge >= 0.3 is 0 Å². The van der Waals surface area contributed by atoms with Gasteiger partial charge < -0.3 is 14.9 Å². The first kappa shape index (κ1) is 7.57. The standard InChI is InChI=1S/C7H12O3/c1-4(2)7-6(9)5(8)3-10-7/h5-6,8-9H,3H2,1-2H3. The average molecular weight is 144 g/mol. The number of rotatable bonds is 0. The highest BCUT2D eigenvalue weighted by atomic mass is 16.5. The first-order chi connectivity index (χ1) is 4.63. The average Bonchev–Trinajstić information content (AvgIpc) is 2.14. The lowest BCUT2D eigenvalue weighted by Gasteiger charge is -2.05. The predicted octanol–water partition coefficient (Wildman–Crippen LogP) is 0.0323. The van der Waals surface area contributed by atoms with E-state index in [1.54, 1.807) is 0 Å². The van der Waals surface area contributed by atoms with Crippen LogP contribution < -0.4 is 0 Å². The minimum atomic E-state index is -0.815. The molecule has 0 amide bonds. The minimum Gasteiger partial charge on any atom is -0.492 e. The first-order valence-corrected chi connectivity index (χ1v) is 3.29. The first-order valence-electron chi connectivity index (χ1n) is 3.29. The van der Waals surface area contributed by atoms with Gasteiger partial charge in [-0.15, -0.1) is 0 Å². The van der Waals surface area contributed by atoms with Crippen LogP contribution in [0.4, 0.5) is 0 Å². The Morgan fingerprint density at radius 1 is 1.50 bits per heavy atom. The van der Waals surface area contributed by atoms with E-state index >= 15 is 0 Å². The molecule has 1 aliphatic rings. The van der Waals surface area contributed by atoms with Crippen molar-refractivity contribution in [2.24, 2.45) is 0 Å². The topological polar surface area (TPSA) is 49.7 Å². The zero-order valence-corrected chi connectivity index (χ0v) is 6.16. The zero-order valence-electron chi connectivity index (χ0n) is 6.16. The lowest BCUT2D eigenvalue weighted by molar-refractivity contribution is 0.0639. The van der Waals surface area contributed by atoms with Crippen LogP contribution >= 0.6 is 0 Å². The molecular formula is C7H12O3. The molecule has 0 aromatic heterocycles. The smallest absolute Gasteiger partial charge is 0.140 e. The number of aliphatic hydroxyl groups excluding tert-OH is 2. The molecule has 0 saturated carbocycles. The molecule has 0 aromatic rings. The Labute approximate surface area is 59.9 Å². The lowest BCUT2D eigenvalue weighted by atomic mass is 10.1. The summed E-state index contributed by atoms with van der Waals surface area (Å²) in [5.74, 6) is 0.521. The molecule has 0 spiro atoms. The minimum absolute atomic E-state index is 0.210. The maximum Gasteiger partial charge on any atom is 0.140 e. The van der Waals surface area contributed by atoms with Crippen LogP contribution in [0.3, 0.4) is 0 Å². The Hall–Kier alpha value is -0.540. The van der Waals surface area contributed by atoms with Crippen molar-refractivity contribution in [3.8, 4) is 0 Å². The molecule has 1 heterocycles. The largest absolute Gasteiger partial charge is 0.492 e. The maximum absolute atomic E-state index is 9.20. The Bertz CT molecular complexity index is 158. The van der Waals surface area contributed by atoms with Crippen LogP contribution in [0.5, 0.6) is 0 Å². The van der Waals surface area contributed by atoms with E-state index in [-0.39, 0.29) is 6.61 Å². The fraction of sp³-hybridized carbons (Fsp3) is 0.714. The summed E-state index contributed by atoms with van der Waals surface area (Å²) in [6.45, 7) is 3.90. The molecule has 2 atom stereocenters. The molecule has 1 saturated heterocycles. The summed E-state index contributed by atoms with van der Waals surface area (Å²) in [6, 6.07) is 0. The monoisotopic (exact) mass is 144 g/mol. The molecule has 2 N–H and O–H groups in total. The molecule has 1 fully saturated rings. The Morgan fingerprint density at radius 3 is 2.30 bits per heavy atom. The van der Waals surface area contributed by atoms with E-state index in [9.17, 15) is 5.11 Å². The van der Waals surface area contributed by atoms with Gasteiger partial charge in [0.25, 0.3) is 0 Å². The maximum atomic E-state index is 9.20. The van der Waals surface area contributed by atoms with Crippen LogP contribution in [-0.4, -0.2) is 29.0 Å². The quantitative estimate of drug-likeness (QED) is 0.504. The van der Waals surface area contributed by atoms with Crippen molar-refractivity contribution >= 4 is 0 Å². The summed E-state index contributed by atoms with van der Waals surface area (Å²) in [5, 5.41) is 18.2. The fourth-order valence-corrected chi connectivity index (χ4v) is 0.967. The molecule has 10 heavy (non-hydrogen) atoms. The fourth-order valence-electron chi connectivity index (χ4n) is 0.967. The van der Waals surface area contributed by atoms with E-state index in [2.05, 4.69) is 0 Å². The molecule has 0 radical (unpaired) electrons. The van der Waals surface area contributed by atoms with Crippen molar-refractivity contribution in [3.05, 3.63) is 11.3 Å². The second kappa shape index (κ2) is 2.60. The van der Waals surface area contributed by atoms with E-state index in [1.807, 2.05) is 13.8 Å². The molecule has 0 aliphatic carbocycles. The van der Waals surface area contributed by atoms with Crippen molar-refractivity contribution in [1.82, 2.24) is 0 Å². The van der Waals surface area contributed by atoms with E-state index in [0.717, 1.165) is 5.57 Å². The predicted molar refractivity (Wildman–Crippen MR) is 36.3 cm³/mol. The summed E-state index contributed by atoms with van der Waals surface area (Å²) in [5.41, 5.74) is 0.920. The van der Waals surface area contributed by atoms with Crippen LogP contribution in [0.1, 0.15) is 13.8 Å². The van der Waals surface area contributed by atoms with Crippen LogP contribution in [0, 0.1) is 0 Å². The molecule has 0 bridgehead atoms. The van der Waals surface area contributed by atoms with E-state index < -0.39 is 12.2 Å². The molecule has 1 aliphatic heterocycles. The summed E-state index contributed by atoms with van der Waals surface area (Å²) < 4.78 is 5.02. The highest BCUT2D eigenvalue weighted by Crippen LogP contribution is 2.20. The van der Waals surface area contributed by atoms with Crippen LogP contribution in [-0.2, 0) is 4.74 Å². The van der Waals surface area contributed by atoms with Crippen molar-refractivity contribution in [2.75, 3.05) is 6.61 Å². The van der Waals surface area contributed by atoms with Gasteiger partial charge in [0, 0.05) is 0 Å². The van der Waals surface area contributed by atoms with Gasteiger partial charge in [0.1, 0.15) is 24.6 Å². The van der Waals surface area contributed by atoms with Crippen molar-refractivity contribution < 1.29 is 14.9 Å². The zero-order chi connectivity index (χ0) is 7.72. The molecule has 2 unspecified atom stereocenters. The third kappa shape index (κ3) is 1.15. The van der Waals surface area contributed by atoms with Gasteiger partial charge in [-0.25, -0.2) is 0 Å². The van der Waals surface area contributed by atoms with Gasteiger partial charge in [0.2, 0.25) is 0 Å². The van der Waals surface area contributed by atoms with Gasteiger partial charge in [-0.2, -0.15) is 0 Å². The molecule has 3 nitrogen and oxygen atoms in total. The normalized spacial score (nSPS) is 32.2. The number of allylic oxidation sites excluding steroid dienone is 1. The van der Waals surface area contributed by atoms with Crippen molar-refractivity contribution in [3.63, 3.8) is 0 Å². The summed E-state index contributed by atoms with van der Waals surface area (Å²) >= 11 is 0. The second-order valence-electron chi connectivity index (χ2n) is 2.69. The summed E-state index contributed by atoms with van der Waals surface area (Å²) in [7, 11) is 0. The molecule has 3 heteroatoms. The lowest BCUT2D eigenvalue weighted by Crippen LogP contribution is -2.22. The molecule has 0 aromatic carbocycles. The Balaban J connectivity index is 2.76. The van der Waals surface area contributed by atoms with E-state index in [4.69, 9.17) is 9.84 Å². The number of ether oxygens (including phenoxy) is 1.